The molecular weight excluding hydrogens is 498 g/mol. The average Bonchev–Trinajstić information content (AvgIpc) is 3.58. The van der Waals surface area contributed by atoms with E-state index >= 15 is 0 Å². The Kier molecular flexibility index (Phi) is 6.28. The third-order valence-electron chi connectivity index (χ3n) is 7.35. The lowest BCUT2D eigenvalue weighted by Crippen LogP contribution is -2.47. The van der Waals surface area contributed by atoms with Gasteiger partial charge in [-0.25, -0.2) is 0 Å². The number of hydrogen-bond donors (Lipinski definition) is 0. The Morgan fingerprint density at radius 3 is 2.66 bits per heavy atom. The molecule has 0 saturated heterocycles. The summed E-state index contributed by atoms with van der Waals surface area (Å²) in [6.45, 7) is 7.95. The summed E-state index contributed by atoms with van der Waals surface area (Å²) in [7, 11) is 1.68. The zero-order valence-electron chi connectivity index (χ0n) is 22.1. The Bertz CT molecular complexity index is 1470. The molecule has 1 amide bonds. The number of thiazole rings is 1. The fourth-order valence-electron chi connectivity index (χ4n) is 5.59. The smallest absolute Gasteiger partial charge is 0.271 e. The van der Waals surface area contributed by atoms with Crippen LogP contribution in [-0.2, 0) is 17.8 Å². The van der Waals surface area contributed by atoms with Gasteiger partial charge in [0, 0.05) is 64.5 Å². The first kappa shape index (κ1) is 24.8. The lowest BCUT2D eigenvalue weighted by atomic mass is 9.90. The summed E-state index contributed by atoms with van der Waals surface area (Å²) < 4.78 is 14.1. The Labute approximate surface area is 226 Å². The second-order valence-electron chi connectivity index (χ2n) is 10.7. The van der Waals surface area contributed by atoms with Crippen LogP contribution in [-0.4, -0.2) is 56.1 Å². The van der Waals surface area contributed by atoms with Crippen LogP contribution in [0.4, 0.5) is 0 Å². The Morgan fingerprint density at radius 2 is 1.95 bits per heavy atom. The van der Waals surface area contributed by atoms with Crippen LogP contribution in [0.15, 0.2) is 48.5 Å². The van der Waals surface area contributed by atoms with E-state index in [4.69, 9.17) is 9.47 Å². The van der Waals surface area contributed by atoms with Gasteiger partial charge in [0.2, 0.25) is 0 Å². The first-order chi connectivity index (χ1) is 18.4. The molecule has 1 aromatic carbocycles. The molecule has 2 aliphatic heterocycles. The third-order valence-corrected chi connectivity index (χ3v) is 8.22. The third kappa shape index (κ3) is 4.19. The van der Waals surface area contributed by atoms with Crippen LogP contribution in [0.2, 0.25) is 0 Å². The molecule has 1 atom stereocenters. The number of carbonyl (C=O) groups excluding carboxylic acids is 1. The van der Waals surface area contributed by atoms with Crippen molar-refractivity contribution in [3.8, 4) is 28.3 Å². The van der Waals surface area contributed by atoms with Crippen molar-refractivity contribution in [1.29, 1.82) is 0 Å². The Morgan fingerprint density at radius 1 is 1.08 bits per heavy atom. The summed E-state index contributed by atoms with van der Waals surface area (Å²) >= 11 is 1.62. The predicted octanol–water partition coefficient (Wildman–Crippen LogP) is 5.38. The van der Waals surface area contributed by atoms with Crippen LogP contribution in [0.25, 0.3) is 22.5 Å². The van der Waals surface area contributed by atoms with Gasteiger partial charge in [0.05, 0.1) is 37.2 Å². The number of fused-ring (bicyclic) bond motifs is 5. The molecule has 0 N–H and O–H groups in total. The average molecular weight is 530 g/mol. The molecule has 196 valence electrons. The van der Waals surface area contributed by atoms with E-state index in [0.717, 1.165) is 50.7 Å². The predicted molar refractivity (Wildman–Crippen MR) is 146 cm³/mol. The summed E-state index contributed by atoms with van der Waals surface area (Å²) in [6.07, 6.45) is 8.53. The van der Waals surface area contributed by atoms with E-state index in [9.17, 15) is 4.79 Å². The zero-order valence-corrected chi connectivity index (χ0v) is 22.9. The van der Waals surface area contributed by atoms with Crippen LogP contribution in [0.1, 0.15) is 59.7 Å². The molecule has 0 radical (unpaired) electrons. The van der Waals surface area contributed by atoms with Gasteiger partial charge in [-0.05, 0) is 57.4 Å². The highest BCUT2D eigenvalue weighted by Crippen LogP contribution is 2.46. The summed E-state index contributed by atoms with van der Waals surface area (Å²) in [5, 5.41) is 0. The summed E-state index contributed by atoms with van der Waals surface area (Å²) in [5.74, 6) is 0.797. The van der Waals surface area contributed by atoms with Gasteiger partial charge in [-0.15, -0.1) is 11.3 Å². The van der Waals surface area contributed by atoms with Crippen molar-refractivity contribution in [2.24, 2.45) is 0 Å². The number of hydrogen-bond acceptors (Lipinski definition) is 7. The quantitative estimate of drug-likeness (QED) is 0.354. The molecule has 1 unspecified atom stereocenters. The van der Waals surface area contributed by atoms with Crippen molar-refractivity contribution in [3.63, 3.8) is 0 Å². The van der Waals surface area contributed by atoms with E-state index in [0.29, 0.717) is 31.9 Å². The highest BCUT2D eigenvalue weighted by Gasteiger charge is 2.38. The number of rotatable bonds is 3. The number of aromatic nitrogens is 4. The van der Waals surface area contributed by atoms with Gasteiger partial charge in [0.25, 0.3) is 5.91 Å². The van der Waals surface area contributed by atoms with Gasteiger partial charge >= 0.3 is 0 Å². The monoisotopic (exact) mass is 529 g/mol. The summed E-state index contributed by atoms with van der Waals surface area (Å²) in [5.41, 5.74) is 7.98. The van der Waals surface area contributed by atoms with Crippen LogP contribution in [0.5, 0.6) is 5.75 Å². The number of methoxy groups -OCH3 is 1. The SMILES string of the molecule is COc1cc2c(cc1-c1cnccn1)-c1cc3c(n1C(c1cncs1)C2)C(=O)N(C(C)(C)C)CCCOC3. The van der Waals surface area contributed by atoms with Crippen LogP contribution < -0.4 is 4.74 Å². The molecule has 8 nitrogen and oxygen atoms in total. The minimum atomic E-state index is -0.317. The van der Waals surface area contributed by atoms with Crippen LogP contribution in [0, 0.1) is 0 Å². The van der Waals surface area contributed by atoms with Gasteiger partial charge in [-0.2, -0.15) is 0 Å². The molecule has 3 aromatic heterocycles. The van der Waals surface area contributed by atoms with Gasteiger partial charge in [-0.1, -0.05) is 0 Å². The molecule has 6 rings (SSSR count). The van der Waals surface area contributed by atoms with Gasteiger partial charge in [-0.3, -0.25) is 19.7 Å². The molecule has 0 saturated carbocycles. The van der Waals surface area contributed by atoms with Crippen molar-refractivity contribution in [3.05, 3.63) is 70.2 Å². The summed E-state index contributed by atoms with van der Waals surface area (Å²) in [6, 6.07) is 6.30. The molecule has 9 heteroatoms. The molecule has 0 fully saturated rings. The van der Waals surface area contributed by atoms with Gasteiger partial charge in [0.1, 0.15) is 11.4 Å². The molecule has 4 aromatic rings. The first-order valence-electron chi connectivity index (χ1n) is 12.9. The molecule has 5 heterocycles. The van der Waals surface area contributed by atoms with Gasteiger partial charge < -0.3 is 18.9 Å². The number of amides is 1. The molecule has 0 spiro atoms. The second kappa shape index (κ2) is 9.63. The molecule has 0 aliphatic carbocycles. The second-order valence-corrected chi connectivity index (χ2v) is 11.6. The summed E-state index contributed by atoms with van der Waals surface area (Å²) in [4.78, 5) is 30.6. The Balaban J connectivity index is 1.61. The van der Waals surface area contributed by atoms with Crippen molar-refractivity contribution in [1.82, 2.24) is 24.4 Å². The highest BCUT2D eigenvalue weighted by atomic mass is 32.1. The van der Waals surface area contributed by atoms with E-state index in [1.807, 2.05) is 16.6 Å². The number of nitrogens with zero attached hydrogens (tertiary/aromatic N) is 5. The van der Waals surface area contributed by atoms with Crippen molar-refractivity contribution in [2.45, 2.75) is 51.8 Å². The largest absolute Gasteiger partial charge is 0.496 e. The van der Waals surface area contributed by atoms with Crippen molar-refractivity contribution in [2.75, 3.05) is 20.3 Å². The minimum Gasteiger partial charge on any atom is -0.496 e. The van der Waals surface area contributed by atoms with E-state index in [1.165, 1.54) is 0 Å². The van der Waals surface area contributed by atoms with Crippen LogP contribution >= 0.6 is 11.3 Å². The maximum absolute atomic E-state index is 14.3. The first-order valence-corrected chi connectivity index (χ1v) is 13.7. The zero-order chi connectivity index (χ0) is 26.4. The number of carbonyl (C=O) groups is 1. The highest BCUT2D eigenvalue weighted by molar-refractivity contribution is 7.09. The lowest BCUT2D eigenvalue weighted by Gasteiger charge is -2.37. The van der Waals surface area contributed by atoms with E-state index < -0.39 is 0 Å². The topological polar surface area (TPSA) is 82.4 Å². The maximum atomic E-state index is 14.3. The molecule has 38 heavy (non-hydrogen) atoms. The normalized spacial score (nSPS) is 17.6. The molecule has 0 bridgehead atoms. The molecule has 2 aliphatic rings. The van der Waals surface area contributed by atoms with E-state index in [-0.39, 0.29) is 17.5 Å². The van der Waals surface area contributed by atoms with E-state index in [2.05, 4.69) is 58.5 Å². The minimum absolute atomic E-state index is 0.0462. The van der Waals surface area contributed by atoms with Crippen molar-refractivity contribution < 1.29 is 14.3 Å². The van der Waals surface area contributed by atoms with Gasteiger partial charge in [0.15, 0.2) is 0 Å². The molecular formula is C29H31N5O3S. The maximum Gasteiger partial charge on any atom is 0.271 e. The van der Waals surface area contributed by atoms with E-state index in [1.54, 1.807) is 37.0 Å². The van der Waals surface area contributed by atoms with Crippen molar-refractivity contribution >= 4 is 17.2 Å². The standard InChI is InChI=1S/C29H31N5O3S/c1-29(2,3)33-8-5-9-37-16-19-11-23-20-13-21(22-14-30-6-7-32-22)25(36-4)12-18(20)10-24(26-15-31-17-38-26)34(23)27(19)28(33)35/h6-7,11-15,17,24H,5,8-10,16H2,1-4H3. The fraction of sp³-hybridized carbons (Fsp3) is 0.379. The van der Waals surface area contributed by atoms with Crippen LogP contribution in [0.3, 0.4) is 0 Å². The fourth-order valence-corrected chi connectivity index (χ4v) is 6.30. The number of ether oxygens (including phenoxy) is 2. The lowest BCUT2D eigenvalue weighted by molar-refractivity contribution is 0.0543. The Hall–Kier alpha value is -3.56. The number of benzene rings is 1.